The molecule has 2 saturated heterocycles. The molecule has 190 valence electrons. The normalized spacial score (nSPS) is 35.6. The van der Waals surface area contributed by atoms with Crippen molar-refractivity contribution in [3.63, 3.8) is 0 Å². The van der Waals surface area contributed by atoms with Gasteiger partial charge in [0.25, 0.3) is 0 Å². The molecule has 1 aromatic carbocycles. The van der Waals surface area contributed by atoms with Crippen molar-refractivity contribution in [3.8, 4) is 0 Å². The Hall–Kier alpha value is -1.78. The predicted molar refractivity (Wildman–Crippen MR) is 120 cm³/mol. The first kappa shape index (κ1) is 25.3. The van der Waals surface area contributed by atoms with E-state index in [0.717, 1.165) is 0 Å². The number of amides is 1. The molecule has 34 heavy (non-hydrogen) atoms. The van der Waals surface area contributed by atoms with Crippen LogP contribution >= 0.6 is 0 Å². The molecule has 0 radical (unpaired) electrons. The summed E-state index contributed by atoms with van der Waals surface area (Å²) in [4.78, 5) is 15.0. The Morgan fingerprint density at radius 1 is 1.12 bits per heavy atom. The molecule has 9 heteroatoms. The van der Waals surface area contributed by atoms with Gasteiger partial charge in [0.2, 0.25) is 11.6 Å². The van der Waals surface area contributed by atoms with E-state index in [1.54, 1.807) is 30.9 Å². The van der Waals surface area contributed by atoms with Crippen LogP contribution in [0.1, 0.15) is 59.1 Å². The van der Waals surface area contributed by atoms with Gasteiger partial charge in [-0.3, -0.25) is 4.90 Å². The largest absolute Gasteiger partial charge is 0.444 e. The molecule has 1 saturated carbocycles. The number of aliphatic hydroxyl groups is 1. The summed E-state index contributed by atoms with van der Waals surface area (Å²) in [5, 5.41) is 11.6. The van der Waals surface area contributed by atoms with E-state index in [2.05, 4.69) is 0 Å². The molecule has 8 nitrogen and oxygen atoms in total. The lowest BCUT2D eigenvalue weighted by molar-refractivity contribution is -0.460. The molecule has 1 unspecified atom stereocenters. The Morgan fingerprint density at radius 2 is 1.68 bits per heavy atom. The molecule has 3 aliphatic rings. The van der Waals surface area contributed by atoms with Gasteiger partial charge < -0.3 is 28.8 Å². The van der Waals surface area contributed by atoms with E-state index in [1.165, 1.54) is 26.4 Å². The number of carbonyl (C=O) groups excluding carboxylic acids is 1. The van der Waals surface area contributed by atoms with Gasteiger partial charge in [-0.1, -0.05) is 12.1 Å². The average Bonchev–Trinajstić information content (AvgIpc) is 3.54. The Kier molecular flexibility index (Phi) is 6.26. The lowest BCUT2D eigenvalue weighted by Crippen LogP contribution is -2.73. The fraction of sp³-hybridized carbons (Fsp3) is 0.720. The second-order valence-corrected chi connectivity index (χ2v) is 10.8. The fourth-order valence-corrected chi connectivity index (χ4v) is 5.31. The van der Waals surface area contributed by atoms with E-state index in [-0.39, 0.29) is 6.54 Å². The van der Waals surface area contributed by atoms with Crippen LogP contribution in [-0.2, 0) is 23.7 Å². The van der Waals surface area contributed by atoms with Crippen LogP contribution in [-0.4, -0.2) is 71.8 Å². The Morgan fingerprint density at radius 3 is 2.18 bits per heavy atom. The summed E-state index contributed by atoms with van der Waals surface area (Å²) in [7, 11) is 3.01. The summed E-state index contributed by atoms with van der Waals surface area (Å²) in [6.45, 7) is 9.10. The first-order chi connectivity index (χ1) is 15.8. The molecule has 2 heterocycles. The maximum atomic E-state index is 13.6. The van der Waals surface area contributed by atoms with Gasteiger partial charge >= 0.3 is 6.09 Å². The molecule has 2 aliphatic heterocycles. The van der Waals surface area contributed by atoms with Gasteiger partial charge in [-0.2, -0.15) is 0 Å². The van der Waals surface area contributed by atoms with Crippen molar-refractivity contribution in [2.75, 3.05) is 20.8 Å². The minimum atomic E-state index is -1.27. The Labute approximate surface area is 200 Å². The molecule has 1 aliphatic carbocycles. The van der Waals surface area contributed by atoms with Crippen molar-refractivity contribution in [1.82, 2.24) is 4.90 Å². The van der Waals surface area contributed by atoms with Crippen molar-refractivity contribution < 1.29 is 38.0 Å². The molecule has 0 aromatic heterocycles. The van der Waals surface area contributed by atoms with Gasteiger partial charge in [0.05, 0.1) is 24.3 Å². The van der Waals surface area contributed by atoms with Crippen molar-refractivity contribution in [2.24, 2.45) is 5.92 Å². The third kappa shape index (κ3) is 4.11. The fourth-order valence-electron chi connectivity index (χ4n) is 5.31. The Balaban J connectivity index is 1.77. The van der Waals surface area contributed by atoms with Gasteiger partial charge in [-0.05, 0) is 65.2 Å². The van der Waals surface area contributed by atoms with E-state index in [9.17, 15) is 14.3 Å². The number of nitrogens with zero attached hydrogens (tertiary/aromatic N) is 1. The Bertz CT molecular complexity index is 915. The molecular formula is C25H36FNO7. The summed E-state index contributed by atoms with van der Waals surface area (Å²) in [6.07, 6.45) is -1.40. The summed E-state index contributed by atoms with van der Waals surface area (Å²) in [5.74, 6) is -3.50. The monoisotopic (exact) mass is 481 g/mol. The average molecular weight is 482 g/mol. The third-order valence-corrected chi connectivity index (χ3v) is 7.51. The summed E-state index contributed by atoms with van der Waals surface area (Å²) in [5.41, 5.74) is -0.838. The molecule has 1 aromatic rings. The zero-order chi connectivity index (χ0) is 25.1. The van der Waals surface area contributed by atoms with E-state index < -0.39 is 58.9 Å². The van der Waals surface area contributed by atoms with Crippen LogP contribution in [0.15, 0.2) is 24.3 Å². The smallest absolute Gasteiger partial charge is 0.410 e. The number of piperidine rings is 1. The highest BCUT2D eigenvalue weighted by Gasteiger charge is 2.70. The number of benzene rings is 1. The van der Waals surface area contributed by atoms with Gasteiger partial charge in [-0.25, -0.2) is 9.18 Å². The summed E-state index contributed by atoms with van der Waals surface area (Å²) < 4.78 is 43.6. The summed E-state index contributed by atoms with van der Waals surface area (Å²) in [6, 6.07) is 5.72. The molecule has 6 atom stereocenters. The quantitative estimate of drug-likeness (QED) is 0.701. The molecule has 1 spiro atoms. The standard InChI is InChI=1S/C25H36FNO7/c1-22(2,3)34-21(29)27-14-17-20(33-24(5,31-7)23(4,30-6)32-17)18(25(27)12-13-25)19(28)15-8-10-16(26)11-9-15/h8-11,17-20,28H,12-14H2,1-7H3/t17-,18-,19?,20+,23+,24+/m1/s1. The zero-order valence-electron chi connectivity index (χ0n) is 21.0. The summed E-state index contributed by atoms with van der Waals surface area (Å²) >= 11 is 0. The van der Waals surface area contributed by atoms with E-state index in [4.69, 9.17) is 23.7 Å². The molecule has 1 N–H and O–H groups in total. The van der Waals surface area contributed by atoms with Crippen molar-refractivity contribution in [3.05, 3.63) is 35.6 Å². The predicted octanol–water partition coefficient (Wildman–Crippen LogP) is 3.77. The van der Waals surface area contributed by atoms with Gasteiger partial charge in [0.1, 0.15) is 17.5 Å². The molecule has 0 bridgehead atoms. The number of halogens is 1. The number of likely N-dealkylation sites (tertiary alicyclic amines) is 1. The maximum absolute atomic E-state index is 13.6. The molecule has 1 amide bonds. The van der Waals surface area contributed by atoms with Crippen molar-refractivity contribution >= 4 is 6.09 Å². The van der Waals surface area contributed by atoms with Crippen LogP contribution in [0.25, 0.3) is 0 Å². The van der Waals surface area contributed by atoms with E-state index in [0.29, 0.717) is 18.4 Å². The number of hydrogen-bond donors (Lipinski definition) is 1. The second-order valence-electron chi connectivity index (χ2n) is 10.8. The zero-order valence-corrected chi connectivity index (χ0v) is 21.0. The van der Waals surface area contributed by atoms with E-state index >= 15 is 0 Å². The number of aliphatic hydroxyl groups excluding tert-OH is 1. The van der Waals surface area contributed by atoms with Crippen molar-refractivity contribution in [1.29, 1.82) is 0 Å². The van der Waals surface area contributed by atoms with Gasteiger partial charge in [0, 0.05) is 20.1 Å². The van der Waals surface area contributed by atoms with Gasteiger partial charge in [-0.15, -0.1) is 0 Å². The topological polar surface area (TPSA) is 86.7 Å². The molecule has 3 fully saturated rings. The maximum Gasteiger partial charge on any atom is 0.410 e. The first-order valence-corrected chi connectivity index (χ1v) is 11.7. The highest BCUT2D eigenvalue weighted by Crippen LogP contribution is 2.59. The number of carbonyl (C=O) groups is 1. The molecular weight excluding hydrogens is 445 g/mol. The van der Waals surface area contributed by atoms with Crippen LogP contribution in [0.4, 0.5) is 9.18 Å². The first-order valence-electron chi connectivity index (χ1n) is 11.7. The highest BCUT2D eigenvalue weighted by molar-refractivity contribution is 5.70. The number of fused-ring (bicyclic) bond motifs is 1. The lowest BCUT2D eigenvalue weighted by atomic mass is 9.75. The van der Waals surface area contributed by atoms with Crippen molar-refractivity contribution in [2.45, 2.75) is 88.5 Å². The lowest BCUT2D eigenvalue weighted by Gasteiger charge is -2.59. The van der Waals surface area contributed by atoms with Crippen LogP contribution in [0.3, 0.4) is 0 Å². The highest BCUT2D eigenvalue weighted by atomic mass is 19.1. The molecule has 4 rings (SSSR count). The van der Waals surface area contributed by atoms with Crippen LogP contribution in [0.2, 0.25) is 0 Å². The number of ether oxygens (including phenoxy) is 5. The number of hydrogen-bond acceptors (Lipinski definition) is 7. The van der Waals surface area contributed by atoms with Gasteiger partial charge in [0.15, 0.2) is 0 Å². The number of rotatable bonds is 4. The number of methoxy groups -OCH3 is 2. The minimum absolute atomic E-state index is 0.213. The van der Waals surface area contributed by atoms with Crippen LogP contribution in [0.5, 0.6) is 0 Å². The second kappa shape index (κ2) is 8.41. The van der Waals surface area contributed by atoms with E-state index in [1.807, 2.05) is 20.8 Å². The minimum Gasteiger partial charge on any atom is -0.444 e. The van der Waals surface area contributed by atoms with Crippen LogP contribution in [0, 0.1) is 11.7 Å². The van der Waals surface area contributed by atoms with Crippen LogP contribution < -0.4 is 0 Å². The SMILES string of the molecule is CO[C@@]1(C)O[C@@H]2[C@@H](C(O)c3ccc(F)cc3)C3(CC3)N(C(=O)OC(C)(C)C)C[C@H]2O[C@]1(C)OC. The third-order valence-electron chi connectivity index (χ3n) is 7.51.